The molecule has 0 bridgehead atoms. The van der Waals surface area contributed by atoms with Gasteiger partial charge in [0.05, 0.1) is 11.1 Å². The molecule has 0 fully saturated rings. The second-order valence-electron chi connectivity index (χ2n) is 9.87. The zero-order valence-corrected chi connectivity index (χ0v) is 22.8. The average Bonchev–Trinajstić information content (AvgIpc) is 2.99. The smallest absolute Gasteiger partial charge is 0.328 e. The maximum Gasteiger partial charge on any atom is 0.328 e. The van der Waals surface area contributed by atoms with E-state index in [1.165, 1.54) is 6.08 Å². The number of carboxylic acids is 1. The topological polar surface area (TPSA) is 85.7 Å². The van der Waals surface area contributed by atoms with Crippen LogP contribution in [-0.4, -0.2) is 21.8 Å². The van der Waals surface area contributed by atoms with Crippen LogP contribution in [0.4, 0.5) is 0 Å². The van der Waals surface area contributed by atoms with E-state index in [2.05, 4.69) is 18.8 Å². The third kappa shape index (κ3) is 6.50. The molecule has 0 unspecified atom stereocenters. The number of pyridine rings is 1. The predicted molar refractivity (Wildman–Crippen MR) is 160 cm³/mol. The number of carbonyl (C=O) groups is 2. The first kappa shape index (κ1) is 27.3. The fraction of sp³-hybridized carbons (Fsp3) is 0.114. The summed E-state index contributed by atoms with van der Waals surface area (Å²) >= 11 is 0. The molecule has 0 aliphatic heterocycles. The first-order chi connectivity index (χ1) is 19.9. The number of ketones is 1. The summed E-state index contributed by atoms with van der Waals surface area (Å²) in [6.07, 6.45) is 4.14. The zero-order chi connectivity index (χ0) is 28.8. The summed E-state index contributed by atoms with van der Waals surface area (Å²) in [6.45, 7) is 4.53. The summed E-state index contributed by atoms with van der Waals surface area (Å²) in [6, 6.07) is 30.0. The van der Waals surface area contributed by atoms with Gasteiger partial charge in [0.1, 0.15) is 23.9 Å². The van der Waals surface area contributed by atoms with Crippen LogP contribution in [0.5, 0.6) is 17.2 Å². The molecule has 0 radical (unpaired) electrons. The Bertz CT molecular complexity index is 1720. The summed E-state index contributed by atoms with van der Waals surface area (Å²) in [5.74, 6) is 0.500. The molecule has 5 aromatic rings. The molecule has 0 saturated carbocycles. The lowest BCUT2D eigenvalue weighted by Crippen LogP contribution is -2.09. The van der Waals surface area contributed by atoms with Crippen LogP contribution in [0.25, 0.3) is 17.0 Å². The van der Waals surface area contributed by atoms with Crippen LogP contribution in [0.15, 0.2) is 109 Å². The summed E-state index contributed by atoms with van der Waals surface area (Å²) in [7, 11) is 0. The van der Waals surface area contributed by atoms with Crippen LogP contribution in [0.1, 0.15) is 52.4 Å². The van der Waals surface area contributed by atoms with Gasteiger partial charge in [0.25, 0.3) is 0 Å². The number of aromatic nitrogens is 1. The maximum absolute atomic E-state index is 13.9. The van der Waals surface area contributed by atoms with Crippen molar-refractivity contribution >= 4 is 28.7 Å². The highest BCUT2D eigenvalue weighted by atomic mass is 16.5. The minimum atomic E-state index is -1.02. The third-order valence-electron chi connectivity index (χ3n) is 6.63. The second kappa shape index (κ2) is 12.3. The van der Waals surface area contributed by atoms with E-state index in [0.717, 1.165) is 17.2 Å². The molecule has 1 heterocycles. The molecule has 6 nitrogen and oxygen atoms in total. The molecule has 5 rings (SSSR count). The fourth-order valence-corrected chi connectivity index (χ4v) is 4.54. The van der Waals surface area contributed by atoms with Crippen molar-refractivity contribution in [1.29, 1.82) is 0 Å². The lowest BCUT2D eigenvalue weighted by atomic mass is 9.92. The quantitative estimate of drug-likeness (QED) is 0.142. The molecule has 6 heteroatoms. The standard InChI is InChI=1S/C35H29NO5/c1-23(2)28-10-6-7-11-29(28)34(39)31-21-36-32-20-27(40-22-25-8-4-3-5-9-25)17-18-30(32)35(31)41-26-15-12-24(13-16-26)14-19-33(37)38/h3-21,23H,22H2,1-2H3,(H,37,38)/b19-14+. The van der Waals surface area contributed by atoms with Gasteiger partial charge >= 0.3 is 5.97 Å². The van der Waals surface area contributed by atoms with Gasteiger partial charge in [-0.3, -0.25) is 9.78 Å². The van der Waals surface area contributed by atoms with E-state index < -0.39 is 5.97 Å². The molecule has 0 aliphatic carbocycles. The first-order valence-corrected chi connectivity index (χ1v) is 13.3. The Hall–Kier alpha value is -5.23. The molecule has 0 aliphatic rings. The summed E-state index contributed by atoms with van der Waals surface area (Å²) in [5, 5.41) is 9.57. The number of aliphatic carboxylic acids is 1. The van der Waals surface area contributed by atoms with E-state index in [9.17, 15) is 9.59 Å². The fourth-order valence-electron chi connectivity index (χ4n) is 4.54. The van der Waals surface area contributed by atoms with Crippen molar-refractivity contribution in [3.8, 4) is 17.2 Å². The van der Waals surface area contributed by atoms with Gasteiger partial charge in [0.15, 0.2) is 5.78 Å². The van der Waals surface area contributed by atoms with Gasteiger partial charge in [-0.15, -0.1) is 0 Å². The van der Waals surface area contributed by atoms with E-state index in [4.69, 9.17) is 14.6 Å². The average molecular weight is 544 g/mol. The number of hydrogen-bond donors (Lipinski definition) is 1. The van der Waals surface area contributed by atoms with E-state index in [1.54, 1.807) is 30.5 Å². The Morgan fingerprint density at radius 1 is 0.854 bits per heavy atom. The van der Waals surface area contributed by atoms with Crippen LogP contribution in [0, 0.1) is 0 Å². The highest BCUT2D eigenvalue weighted by Crippen LogP contribution is 2.36. The van der Waals surface area contributed by atoms with Gasteiger partial charge in [0.2, 0.25) is 0 Å². The van der Waals surface area contributed by atoms with Gasteiger partial charge in [-0.05, 0) is 52.9 Å². The normalized spacial score (nSPS) is 11.2. The molecule has 1 N–H and O–H groups in total. The van der Waals surface area contributed by atoms with Crippen LogP contribution < -0.4 is 9.47 Å². The van der Waals surface area contributed by atoms with Gasteiger partial charge in [0, 0.05) is 29.3 Å². The molecule has 0 saturated heterocycles. The minimum Gasteiger partial charge on any atom is -0.489 e. The minimum absolute atomic E-state index is 0.156. The van der Waals surface area contributed by atoms with E-state index in [0.29, 0.717) is 51.4 Å². The van der Waals surface area contributed by atoms with Crippen molar-refractivity contribution in [1.82, 2.24) is 4.98 Å². The van der Waals surface area contributed by atoms with Gasteiger partial charge in [-0.2, -0.15) is 0 Å². The van der Waals surface area contributed by atoms with E-state index in [1.807, 2.05) is 72.8 Å². The number of carbonyl (C=O) groups excluding carboxylic acids is 1. The van der Waals surface area contributed by atoms with Crippen molar-refractivity contribution in [2.24, 2.45) is 0 Å². The molecular weight excluding hydrogens is 514 g/mol. The number of rotatable bonds is 10. The van der Waals surface area contributed by atoms with Gasteiger partial charge in [-0.1, -0.05) is 80.6 Å². The largest absolute Gasteiger partial charge is 0.489 e. The molecule has 1 aromatic heterocycles. The lowest BCUT2D eigenvalue weighted by Gasteiger charge is -2.16. The second-order valence-corrected chi connectivity index (χ2v) is 9.87. The number of nitrogens with zero attached hydrogens (tertiary/aromatic N) is 1. The Kier molecular flexibility index (Phi) is 8.20. The van der Waals surface area contributed by atoms with Crippen LogP contribution in [0.2, 0.25) is 0 Å². The molecule has 0 spiro atoms. The van der Waals surface area contributed by atoms with Crippen molar-refractivity contribution in [2.45, 2.75) is 26.4 Å². The Morgan fingerprint density at radius 2 is 1.56 bits per heavy atom. The highest BCUT2D eigenvalue weighted by molar-refractivity contribution is 6.14. The Morgan fingerprint density at radius 3 is 2.29 bits per heavy atom. The van der Waals surface area contributed by atoms with Gasteiger partial charge in [-0.25, -0.2) is 4.79 Å². The van der Waals surface area contributed by atoms with Crippen LogP contribution in [-0.2, 0) is 11.4 Å². The molecule has 0 amide bonds. The molecule has 41 heavy (non-hydrogen) atoms. The summed E-state index contributed by atoms with van der Waals surface area (Å²) < 4.78 is 12.4. The van der Waals surface area contributed by atoms with Crippen molar-refractivity contribution in [2.75, 3.05) is 0 Å². The first-order valence-electron chi connectivity index (χ1n) is 13.3. The van der Waals surface area contributed by atoms with Crippen molar-refractivity contribution in [3.05, 3.63) is 137 Å². The number of carboxylic acid groups (broad SMARTS) is 1. The third-order valence-corrected chi connectivity index (χ3v) is 6.63. The maximum atomic E-state index is 13.9. The lowest BCUT2D eigenvalue weighted by molar-refractivity contribution is -0.131. The number of benzene rings is 4. The van der Waals surface area contributed by atoms with E-state index >= 15 is 0 Å². The Balaban J connectivity index is 1.54. The van der Waals surface area contributed by atoms with Crippen LogP contribution in [0.3, 0.4) is 0 Å². The predicted octanol–water partition coefficient (Wildman–Crippen LogP) is 8.06. The van der Waals surface area contributed by atoms with Crippen LogP contribution >= 0.6 is 0 Å². The molecule has 204 valence electrons. The molecule has 4 aromatic carbocycles. The van der Waals surface area contributed by atoms with Crippen molar-refractivity contribution < 1.29 is 24.2 Å². The molecular formula is C35H29NO5. The Labute approximate surface area is 238 Å². The SMILES string of the molecule is CC(C)c1ccccc1C(=O)c1cnc2cc(OCc3ccccc3)ccc2c1Oc1ccc(/C=C/C(=O)O)cc1. The number of ether oxygens (including phenoxy) is 2. The number of hydrogen-bond acceptors (Lipinski definition) is 5. The summed E-state index contributed by atoms with van der Waals surface area (Å²) in [5.41, 5.74) is 4.28. The molecule has 0 atom stereocenters. The number of fused-ring (bicyclic) bond motifs is 1. The monoisotopic (exact) mass is 543 g/mol. The summed E-state index contributed by atoms with van der Waals surface area (Å²) in [4.78, 5) is 29.4. The van der Waals surface area contributed by atoms with Gasteiger partial charge < -0.3 is 14.6 Å². The van der Waals surface area contributed by atoms with E-state index in [-0.39, 0.29) is 11.7 Å². The zero-order valence-electron chi connectivity index (χ0n) is 22.8. The highest BCUT2D eigenvalue weighted by Gasteiger charge is 2.22. The van der Waals surface area contributed by atoms with Crippen molar-refractivity contribution in [3.63, 3.8) is 0 Å².